The van der Waals surface area contributed by atoms with Crippen LogP contribution in [0.4, 0.5) is 5.82 Å². The second-order valence-electron chi connectivity index (χ2n) is 2.60. The normalized spacial score (nSPS) is 9.71. The average molecular weight is 187 g/mol. The van der Waals surface area contributed by atoms with Crippen LogP contribution < -0.4 is 5.69 Å². The van der Waals surface area contributed by atoms with Crippen molar-refractivity contribution in [1.82, 2.24) is 9.97 Å². The van der Waals surface area contributed by atoms with Crippen molar-refractivity contribution in [2.24, 2.45) is 5.11 Å². The van der Waals surface area contributed by atoms with Gasteiger partial charge in [-0.25, -0.2) is 4.79 Å². The SMILES string of the molecule is [N-]=[N+]=Nc1[nH]c(=O)nc2ccccc12. The van der Waals surface area contributed by atoms with E-state index in [4.69, 9.17) is 5.53 Å². The number of nitrogens with zero attached hydrogens (tertiary/aromatic N) is 4. The molecule has 0 aliphatic rings. The van der Waals surface area contributed by atoms with Crippen LogP contribution in [-0.4, -0.2) is 9.97 Å². The largest absolute Gasteiger partial charge is 0.345 e. The monoisotopic (exact) mass is 187 g/mol. The predicted molar refractivity (Wildman–Crippen MR) is 51.2 cm³/mol. The Morgan fingerprint density at radius 3 is 3.00 bits per heavy atom. The van der Waals surface area contributed by atoms with Gasteiger partial charge in [-0.3, -0.25) is 0 Å². The summed E-state index contributed by atoms with van der Waals surface area (Å²) in [5.41, 5.74) is 8.28. The van der Waals surface area contributed by atoms with Gasteiger partial charge in [-0.2, -0.15) is 4.98 Å². The highest BCUT2D eigenvalue weighted by Gasteiger charge is 2.00. The molecule has 1 heterocycles. The number of rotatable bonds is 1. The quantitative estimate of drug-likeness (QED) is 0.419. The smallest absolute Gasteiger partial charge is 0.303 e. The minimum absolute atomic E-state index is 0.197. The number of hydrogen-bond donors (Lipinski definition) is 1. The molecule has 6 heteroatoms. The van der Waals surface area contributed by atoms with Gasteiger partial charge in [-0.1, -0.05) is 18.2 Å². The van der Waals surface area contributed by atoms with Crippen molar-refractivity contribution in [1.29, 1.82) is 0 Å². The lowest BCUT2D eigenvalue weighted by Gasteiger charge is -1.97. The van der Waals surface area contributed by atoms with E-state index in [0.29, 0.717) is 10.9 Å². The van der Waals surface area contributed by atoms with Gasteiger partial charge in [0, 0.05) is 10.3 Å². The molecule has 0 radical (unpaired) electrons. The first kappa shape index (κ1) is 8.28. The Morgan fingerprint density at radius 2 is 2.21 bits per heavy atom. The van der Waals surface area contributed by atoms with E-state index in [1.165, 1.54) is 0 Å². The van der Waals surface area contributed by atoms with E-state index in [1.54, 1.807) is 24.3 Å². The number of benzene rings is 1. The van der Waals surface area contributed by atoms with E-state index < -0.39 is 5.69 Å². The van der Waals surface area contributed by atoms with E-state index >= 15 is 0 Å². The van der Waals surface area contributed by atoms with Gasteiger partial charge in [0.1, 0.15) is 5.82 Å². The molecule has 2 aromatic rings. The Kier molecular flexibility index (Phi) is 1.89. The fourth-order valence-corrected chi connectivity index (χ4v) is 1.20. The second kappa shape index (κ2) is 3.20. The maximum Gasteiger partial charge on any atom is 0.345 e. The van der Waals surface area contributed by atoms with E-state index in [9.17, 15) is 4.79 Å². The van der Waals surface area contributed by atoms with E-state index in [-0.39, 0.29) is 5.82 Å². The molecule has 6 nitrogen and oxygen atoms in total. The molecule has 0 saturated heterocycles. The molecule has 1 aromatic heterocycles. The van der Waals surface area contributed by atoms with Crippen molar-refractivity contribution in [3.63, 3.8) is 0 Å². The first-order valence-electron chi connectivity index (χ1n) is 3.85. The summed E-state index contributed by atoms with van der Waals surface area (Å²) >= 11 is 0. The van der Waals surface area contributed by atoms with Gasteiger partial charge in [0.2, 0.25) is 0 Å². The minimum atomic E-state index is -0.522. The Balaban J connectivity index is 2.93. The van der Waals surface area contributed by atoms with Gasteiger partial charge in [0.05, 0.1) is 5.52 Å². The van der Waals surface area contributed by atoms with Gasteiger partial charge < -0.3 is 4.98 Å². The lowest BCUT2D eigenvalue weighted by Crippen LogP contribution is -2.08. The minimum Gasteiger partial charge on any atom is -0.303 e. The van der Waals surface area contributed by atoms with Crippen LogP contribution >= 0.6 is 0 Å². The zero-order chi connectivity index (χ0) is 9.97. The molecule has 1 N–H and O–H groups in total. The van der Waals surface area contributed by atoms with Crippen LogP contribution in [0.2, 0.25) is 0 Å². The molecule has 0 fully saturated rings. The summed E-state index contributed by atoms with van der Waals surface area (Å²) < 4.78 is 0. The molecule has 0 amide bonds. The van der Waals surface area contributed by atoms with Crippen LogP contribution in [0.3, 0.4) is 0 Å². The van der Waals surface area contributed by atoms with E-state index in [2.05, 4.69) is 20.0 Å². The van der Waals surface area contributed by atoms with Crippen LogP contribution in [0.1, 0.15) is 0 Å². The van der Waals surface area contributed by atoms with E-state index in [1.807, 2.05) is 0 Å². The van der Waals surface area contributed by atoms with E-state index in [0.717, 1.165) is 0 Å². The van der Waals surface area contributed by atoms with Crippen LogP contribution in [-0.2, 0) is 0 Å². The van der Waals surface area contributed by atoms with Gasteiger partial charge in [-0.05, 0) is 16.7 Å². The number of H-pyrrole nitrogens is 1. The summed E-state index contributed by atoms with van der Waals surface area (Å²) in [6.45, 7) is 0. The Hall–Kier alpha value is -2.33. The van der Waals surface area contributed by atoms with Crippen molar-refractivity contribution in [3.05, 3.63) is 45.2 Å². The molecule has 1 aromatic carbocycles. The lowest BCUT2D eigenvalue weighted by atomic mass is 10.2. The molecular formula is C8H5N5O. The van der Waals surface area contributed by atoms with Gasteiger partial charge in [0.25, 0.3) is 0 Å². The third-order valence-corrected chi connectivity index (χ3v) is 1.75. The molecular weight excluding hydrogens is 182 g/mol. The number of aromatic nitrogens is 2. The zero-order valence-electron chi connectivity index (χ0n) is 7.01. The third-order valence-electron chi connectivity index (χ3n) is 1.75. The Morgan fingerprint density at radius 1 is 1.43 bits per heavy atom. The molecule has 0 aliphatic carbocycles. The number of azide groups is 1. The van der Waals surface area contributed by atoms with Gasteiger partial charge in [-0.15, -0.1) is 0 Å². The summed E-state index contributed by atoms with van der Waals surface area (Å²) in [7, 11) is 0. The number of nitrogens with one attached hydrogen (secondary N) is 1. The molecule has 14 heavy (non-hydrogen) atoms. The van der Waals surface area contributed by atoms with Gasteiger partial charge >= 0.3 is 5.69 Å². The second-order valence-corrected chi connectivity index (χ2v) is 2.60. The molecule has 2 rings (SSSR count). The summed E-state index contributed by atoms with van der Waals surface area (Å²) in [5.74, 6) is 0.197. The molecule has 0 atom stereocenters. The van der Waals surface area contributed by atoms with Crippen molar-refractivity contribution in [3.8, 4) is 0 Å². The van der Waals surface area contributed by atoms with Gasteiger partial charge in [0.15, 0.2) is 0 Å². The predicted octanol–water partition coefficient (Wildman–Crippen LogP) is 1.86. The van der Waals surface area contributed by atoms with Crippen LogP contribution in [0.25, 0.3) is 21.3 Å². The number of aromatic amines is 1. The van der Waals surface area contributed by atoms with Crippen molar-refractivity contribution >= 4 is 16.7 Å². The molecule has 68 valence electrons. The first-order chi connectivity index (χ1) is 6.81. The summed E-state index contributed by atoms with van der Waals surface area (Å²) in [6.07, 6.45) is 0. The maximum absolute atomic E-state index is 11.0. The molecule has 0 bridgehead atoms. The number of para-hydroxylation sites is 1. The topological polar surface area (TPSA) is 94.5 Å². The fraction of sp³-hybridized carbons (Fsp3) is 0. The first-order valence-corrected chi connectivity index (χ1v) is 3.85. The number of fused-ring (bicyclic) bond motifs is 1. The zero-order valence-corrected chi connectivity index (χ0v) is 7.01. The highest BCUT2D eigenvalue weighted by Crippen LogP contribution is 2.19. The third kappa shape index (κ3) is 1.30. The standard InChI is InChI=1S/C8H5N5O/c9-13-12-7-5-3-1-2-4-6(5)10-8(14)11-7/h1-4H,(H,10,11,14). The maximum atomic E-state index is 11.0. The highest BCUT2D eigenvalue weighted by molar-refractivity contribution is 5.86. The van der Waals surface area contributed by atoms with Crippen molar-refractivity contribution in [2.45, 2.75) is 0 Å². The number of hydrogen-bond acceptors (Lipinski definition) is 3. The highest BCUT2D eigenvalue weighted by atomic mass is 16.1. The van der Waals surface area contributed by atoms with Crippen molar-refractivity contribution in [2.75, 3.05) is 0 Å². The Labute approximate surface area is 77.8 Å². The summed E-state index contributed by atoms with van der Waals surface area (Å²) in [5, 5.41) is 4.01. The molecule has 0 spiro atoms. The lowest BCUT2D eigenvalue weighted by molar-refractivity contribution is 1.10. The van der Waals surface area contributed by atoms with Crippen LogP contribution in [0.5, 0.6) is 0 Å². The average Bonchev–Trinajstić information content (AvgIpc) is 2.18. The Bertz CT molecular complexity index is 582. The fourth-order valence-electron chi connectivity index (χ4n) is 1.20. The molecule has 0 unspecified atom stereocenters. The molecule has 0 aliphatic heterocycles. The summed E-state index contributed by atoms with van der Waals surface area (Å²) in [4.78, 5) is 19.7. The van der Waals surface area contributed by atoms with Crippen LogP contribution in [0, 0.1) is 0 Å². The van der Waals surface area contributed by atoms with Crippen molar-refractivity contribution < 1.29 is 0 Å². The van der Waals surface area contributed by atoms with Crippen LogP contribution in [0.15, 0.2) is 34.2 Å². The summed E-state index contributed by atoms with van der Waals surface area (Å²) in [6, 6.07) is 6.94. The molecule has 0 saturated carbocycles.